The molecule has 4 rings (SSSR count). The lowest BCUT2D eigenvalue weighted by atomic mass is 9.92. The highest BCUT2D eigenvalue weighted by Crippen LogP contribution is 2.31. The number of H-pyrrole nitrogens is 1. The van der Waals surface area contributed by atoms with Crippen LogP contribution in [-0.4, -0.2) is 21.8 Å². The van der Waals surface area contributed by atoms with E-state index in [1.165, 1.54) is 11.8 Å². The molecule has 158 valence electrons. The molecular formula is C22H19ClN4O3S. The van der Waals surface area contributed by atoms with E-state index in [1.807, 2.05) is 37.3 Å². The number of carbonyl (C=O) groups is 2. The molecule has 0 bridgehead atoms. The Balaban J connectivity index is 1.57. The molecule has 2 heterocycles. The number of nitrogens with zero attached hydrogens (tertiary/aromatic N) is 1. The van der Waals surface area contributed by atoms with Gasteiger partial charge in [0.25, 0.3) is 5.56 Å². The second-order valence-electron chi connectivity index (χ2n) is 7.21. The molecule has 2 aromatic carbocycles. The minimum absolute atomic E-state index is 0.118. The predicted octanol–water partition coefficient (Wildman–Crippen LogP) is 4.09. The van der Waals surface area contributed by atoms with E-state index < -0.39 is 17.4 Å². The van der Waals surface area contributed by atoms with Gasteiger partial charge in [0.05, 0.1) is 11.5 Å². The Labute approximate surface area is 187 Å². The van der Waals surface area contributed by atoms with Gasteiger partial charge in [-0.05, 0) is 42.3 Å². The highest BCUT2D eigenvalue weighted by atomic mass is 35.5. The number of thioether (sulfide) groups is 1. The van der Waals surface area contributed by atoms with E-state index >= 15 is 0 Å². The lowest BCUT2D eigenvalue weighted by Gasteiger charge is -2.23. The van der Waals surface area contributed by atoms with E-state index in [0.29, 0.717) is 21.6 Å². The molecule has 1 aromatic heterocycles. The molecule has 0 saturated carbocycles. The Hall–Kier alpha value is -3.10. The first kappa shape index (κ1) is 21.1. The molecule has 0 saturated heterocycles. The number of amides is 2. The number of aromatic nitrogens is 2. The molecule has 0 fully saturated rings. The van der Waals surface area contributed by atoms with Gasteiger partial charge in [-0.15, -0.1) is 0 Å². The molecule has 0 spiro atoms. The standard InChI is InChI=1S/C22H19ClN4O3S/c1-12-3-2-4-15(9-12)24-20(29)16-10-17(28)25-19-18(16)21(30)27-22(26-19)31-11-13-5-7-14(23)8-6-13/h2-9,16H,10-11H2,1H3,(H,24,29)(H2,25,26,27,28,30). The van der Waals surface area contributed by atoms with Gasteiger partial charge in [-0.3, -0.25) is 14.4 Å². The van der Waals surface area contributed by atoms with Crippen molar-refractivity contribution in [2.75, 3.05) is 10.6 Å². The van der Waals surface area contributed by atoms with Gasteiger partial charge in [0.15, 0.2) is 5.16 Å². The SMILES string of the molecule is Cc1cccc(NC(=O)C2CC(=O)Nc3nc(SCc4ccc(Cl)cc4)[nH]c(=O)c32)c1. The number of aromatic amines is 1. The lowest BCUT2D eigenvalue weighted by molar-refractivity contribution is -0.123. The van der Waals surface area contributed by atoms with Crippen LogP contribution in [0.4, 0.5) is 11.5 Å². The zero-order valence-corrected chi connectivity index (χ0v) is 18.1. The summed E-state index contributed by atoms with van der Waals surface area (Å²) in [6.45, 7) is 1.91. The van der Waals surface area contributed by atoms with Gasteiger partial charge in [0, 0.05) is 22.9 Å². The van der Waals surface area contributed by atoms with Crippen molar-refractivity contribution in [2.24, 2.45) is 0 Å². The number of rotatable bonds is 5. The van der Waals surface area contributed by atoms with Crippen molar-refractivity contribution in [1.82, 2.24) is 9.97 Å². The molecule has 1 unspecified atom stereocenters. The van der Waals surface area contributed by atoms with Crippen molar-refractivity contribution in [3.63, 3.8) is 0 Å². The molecule has 0 aliphatic carbocycles. The maximum Gasteiger partial charge on any atom is 0.257 e. The first-order chi connectivity index (χ1) is 14.9. The summed E-state index contributed by atoms with van der Waals surface area (Å²) in [5, 5.41) is 6.42. The van der Waals surface area contributed by atoms with Crippen LogP contribution < -0.4 is 16.2 Å². The van der Waals surface area contributed by atoms with Crippen LogP contribution in [0.1, 0.15) is 29.0 Å². The van der Waals surface area contributed by atoms with Gasteiger partial charge in [0.2, 0.25) is 11.8 Å². The number of halogens is 1. The van der Waals surface area contributed by atoms with Gasteiger partial charge in [0.1, 0.15) is 5.82 Å². The maximum atomic E-state index is 12.9. The monoisotopic (exact) mass is 454 g/mol. The fraction of sp³-hybridized carbons (Fsp3) is 0.182. The summed E-state index contributed by atoms with van der Waals surface area (Å²) in [7, 11) is 0. The summed E-state index contributed by atoms with van der Waals surface area (Å²) < 4.78 is 0. The number of aryl methyl sites for hydroxylation is 1. The Morgan fingerprint density at radius 1 is 1.23 bits per heavy atom. The molecule has 1 atom stereocenters. The summed E-state index contributed by atoms with van der Waals surface area (Å²) in [6.07, 6.45) is -0.118. The molecule has 9 heteroatoms. The minimum atomic E-state index is -0.921. The van der Waals surface area contributed by atoms with Crippen LogP contribution in [0.5, 0.6) is 0 Å². The Kier molecular flexibility index (Phi) is 6.11. The first-order valence-corrected chi connectivity index (χ1v) is 10.9. The minimum Gasteiger partial charge on any atom is -0.326 e. The molecular weight excluding hydrogens is 436 g/mol. The van der Waals surface area contributed by atoms with E-state index in [2.05, 4.69) is 20.6 Å². The third-order valence-corrected chi connectivity index (χ3v) is 6.02. The van der Waals surface area contributed by atoms with Gasteiger partial charge < -0.3 is 15.6 Å². The summed E-state index contributed by atoms with van der Waals surface area (Å²) >= 11 is 7.22. The van der Waals surface area contributed by atoms with E-state index in [1.54, 1.807) is 18.2 Å². The Bertz CT molecular complexity index is 1210. The fourth-order valence-corrected chi connectivity index (χ4v) is 4.27. The van der Waals surface area contributed by atoms with Crippen LogP contribution >= 0.6 is 23.4 Å². The topological polar surface area (TPSA) is 104 Å². The van der Waals surface area contributed by atoms with Crippen molar-refractivity contribution in [3.8, 4) is 0 Å². The van der Waals surface area contributed by atoms with E-state index in [9.17, 15) is 14.4 Å². The molecule has 31 heavy (non-hydrogen) atoms. The predicted molar refractivity (Wildman–Crippen MR) is 122 cm³/mol. The van der Waals surface area contributed by atoms with Crippen molar-refractivity contribution in [1.29, 1.82) is 0 Å². The third-order valence-electron chi connectivity index (χ3n) is 4.82. The summed E-state index contributed by atoms with van der Waals surface area (Å²) in [4.78, 5) is 45.0. The molecule has 7 nitrogen and oxygen atoms in total. The zero-order valence-electron chi connectivity index (χ0n) is 16.6. The van der Waals surface area contributed by atoms with Gasteiger partial charge in [-0.2, -0.15) is 0 Å². The Morgan fingerprint density at radius 2 is 2.00 bits per heavy atom. The molecule has 2 amide bonds. The number of benzene rings is 2. The average molecular weight is 455 g/mol. The van der Waals surface area contributed by atoms with E-state index in [4.69, 9.17) is 11.6 Å². The summed E-state index contributed by atoms with van der Waals surface area (Å²) in [5.74, 6) is -1.01. The smallest absolute Gasteiger partial charge is 0.257 e. The van der Waals surface area contributed by atoms with Crippen molar-refractivity contribution in [3.05, 3.63) is 80.6 Å². The maximum absolute atomic E-state index is 12.9. The number of hydrogen-bond acceptors (Lipinski definition) is 5. The zero-order chi connectivity index (χ0) is 22.0. The third kappa shape index (κ3) is 4.98. The molecule has 3 aromatic rings. The van der Waals surface area contributed by atoms with Crippen molar-refractivity contribution >= 4 is 46.7 Å². The average Bonchev–Trinajstić information content (AvgIpc) is 2.72. The number of hydrogen-bond donors (Lipinski definition) is 3. The highest BCUT2D eigenvalue weighted by molar-refractivity contribution is 7.98. The largest absolute Gasteiger partial charge is 0.326 e. The number of nitrogens with one attached hydrogen (secondary N) is 3. The quantitative estimate of drug-likeness (QED) is 0.398. The number of fused-ring (bicyclic) bond motifs is 1. The van der Waals surface area contributed by atoms with Gasteiger partial charge in [-0.25, -0.2) is 4.98 Å². The normalized spacial score (nSPS) is 15.2. The second kappa shape index (κ2) is 8.95. The van der Waals surface area contributed by atoms with Crippen LogP contribution in [0.3, 0.4) is 0 Å². The summed E-state index contributed by atoms with van der Waals surface area (Å²) in [5.41, 5.74) is 2.33. The van der Waals surface area contributed by atoms with Crippen molar-refractivity contribution in [2.45, 2.75) is 30.2 Å². The molecule has 0 radical (unpaired) electrons. The van der Waals surface area contributed by atoms with Crippen LogP contribution in [0.25, 0.3) is 0 Å². The highest BCUT2D eigenvalue weighted by Gasteiger charge is 2.34. The van der Waals surface area contributed by atoms with E-state index in [-0.39, 0.29) is 23.7 Å². The van der Waals surface area contributed by atoms with Crippen LogP contribution in [0.2, 0.25) is 5.02 Å². The summed E-state index contributed by atoms with van der Waals surface area (Å²) in [6, 6.07) is 14.7. The molecule has 1 aliphatic heterocycles. The molecule has 3 N–H and O–H groups in total. The Morgan fingerprint density at radius 3 is 2.74 bits per heavy atom. The van der Waals surface area contributed by atoms with Crippen molar-refractivity contribution < 1.29 is 9.59 Å². The second-order valence-corrected chi connectivity index (χ2v) is 8.61. The van der Waals surface area contributed by atoms with Gasteiger partial charge in [-0.1, -0.05) is 47.6 Å². The van der Waals surface area contributed by atoms with Gasteiger partial charge >= 0.3 is 0 Å². The van der Waals surface area contributed by atoms with E-state index in [0.717, 1.165) is 11.1 Å². The first-order valence-electron chi connectivity index (χ1n) is 9.58. The molecule has 1 aliphatic rings. The fourth-order valence-electron chi connectivity index (χ4n) is 3.33. The number of carbonyl (C=O) groups excluding carboxylic acids is 2. The van der Waals surface area contributed by atoms with Crippen LogP contribution in [0.15, 0.2) is 58.5 Å². The number of anilines is 2. The van der Waals surface area contributed by atoms with Crippen LogP contribution in [0, 0.1) is 6.92 Å². The van der Waals surface area contributed by atoms with Crippen LogP contribution in [-0.2, 0) is 15.3 Å². The lowest BCUT2D eigenvalue weighted by Crippen LogP contribution is -2.36.